The van der Waals surface area contributed by atoms with Crippen LogP contribution in [0.4, 0.5) is 10.5 Å². The quantitative estimate of drug-likeness (QED) is 0.647. The SMILES string of the molecule is COc1ccc(COCc2cccc(NC(=O)NCCC3CCN(C)CC3)c2)cc1. The molecule has 0 aromatic heterocycles. The van der Waals surface area contributed by atoms with Crippen LogP contribution in [-0.2, 0) is 18.0 Å². The van der Waals surface area contributed by atoms with Gasteiger partial charge in [-0.25, -0.2) is 4.79 Å². The van der Waals surface area contributed by atoms with E-state index in [0.29, 0.717) is 25.7 Å². The zero-order chi connectivity index (χ0) is 21.2. The van der Waals surface area contributed by atoms with Crippen molar-refractivity contribution in [1.29, 1.82) is 0 Å². The molecular weight excluding hydrogens is 378 g/mol. The van der Waals surface area contributed by atoms with Crippen LogP contribution < -0.4 is 15.4 Å². The van der Waals surface area contributed by atoms with Gasteiger partial charge in [0, 0.05) is 12.2 Å². The van der Waals surface area contributed by atoms with E-state index in [1.807, 2.05) is 48.5 Å². The van der Waals surface area contributed by atoms with Gasteiger partial charge >= 0.3 is 6.03 Å². The third-order valence-electron chi connectivity index (χ3n) is 5.56. The molecule has 6 heteroatoms. The predicted octanol–water partition coefficient (Wildman–Crippen LogP) is 4.27. The Kier molecular flexibility index (Phi) is 8.53. The monoisotopic (exact) mass is 411 g/mol. The molecule has 0 bridgehead atoms. The third kappa shape index (κ3) is 7.35. The van der Waals surface area contributed by atoms with Gasteiger partial charge in [-0.1, -0.05) is 24.3 Å². The number of nitrogens with one attached hydrogen (secondary N) is 2. The molecule has 0 unspecified atom stereocenters. The molecule has 6 nitrogen and oxygen atoms in total. The normalized spacial score (nSPS) is 15.0. The van der Waals surface area contributed by atoms with E-state index in [2.05, 4.69) is 22.6 Å². The summed E-state index contributed by atoms with van der Waals surface area (Å²) in [5.74, 6) is 1.55. The molecule has 0 spiro atoms. The number of rotatable bonds is 9. The molecule has 0 radical (unpaired) electrons. The van der Waals surface area contributed by atoms with E-state index >= 15 is 0 Å². The van der Waals surface area contributed by atoms with Gasteiger partial charge < -0.3 is 25.0 Å². The van der Waals surface area contributed by atoms with Crippen LogP contribution >= 0.6 is 0 Å². The fourth-order valence-corrected chi connectivity index (χ4v) is 3.66. The average molecular weight is 412 g/mol. The van der Waals surface area contributed by atoms with Gasteiger partial charge in [0.25, 0.3) is 0 Å². The smallest absolute Gasteiger partial charge is 0.319 e. The number of hydrogen-bond acceptors (Lipinski definition) is 4. The standard InChI is InChI=1S/C24H33N3O3/c1-27-14-11-19(12-15-27)10-13-25-24(28)26-22-5-3-4-21(16-22)18-30-17-20-6-8-23(29-2)9-7-20/h3-9,16,19H,10-15,17-18H2,1-2H3,(H2,25,26,28). The third-order valence-corrected chi connectivity index (χ3v) is 5.56. The van der Waals surface area contributed by atoms with E-state index in [-0.39, 0.29) is 6.03 Å². The molecule has 0 aliphatic carbocycles. The lowest BCUT2D eigenvalue weighted by molar-refractivity contribution is 0.107. The highest BCUT2D eigenvalue weighted by atomic mass is 16.5. The van der Waals surface area contributed by atoms with Crippen molar-refractivity contribution in [2.75, 3.05) is 39.1 Å². The summed E-state index contributed by atoms with van der Waals surface area (Å²) < 4.78 is 11.0. The lowest BCUT2D eigenvalue weighted by Gasteiger charge is -2.28. The van der Waals surface area contributed by atoms with Crippen LogP contribution in [0.3, 0.4) is 0 Å². The predicted molar refractivity (Wildman–Crippen MR) is 120 cm³/mol. The highest BCUT2D eigenvalue weighted by Crippen LogP contribution is 2.19. The minimum atomic E-state index is -0.153. The number of carbonyl (C=O) groups is 1. The van der Waals surface area contributed by atoms with Crippen LogP contribution in [0.25, 0.3) is 0 Å². The van der Waals surface area contributed by atoms with Gasteiger partial charge in [0.05, 0.1) is 20.3 Å². The number of methoxy groups -OCH3 is 1. The van der Waals surface area contributed by atoms with Crippen molar-refractivity contribution < 1.29 is 14.3 Å². The van der Waals surface area contributed by atoms with Crippen LogP contribution in [0.15, 0.2) is 48.5 Å². The van der Waals surface area contributed by atoms with Crippen LogP contribution in [0.5, 0.6) is 5.75 Å². The fourth-order valence-electron chi connectivity index (χ4n) is 3.66. The number of anilines is 1. The summed E-state index contributed by atoms with van der Waals surface area (Å²) in [6.45, 7) is 4.04. The molecule has 162 valence electrons. The van der Waals surface area contributed by atoms with Crippen molar-refractivity contribution in [2.24, 2.45) is 5.92 Å². The van der Waals surface area contributed by atoms with Gasteiger partial charge in [-0.15, -0.1) is 0 Å². The van der Waals surface area contributed by atoms with Gasteiger partial charge in [-0.3, -0.25) is 0 Å². The molecule has 0 saturated carbocycles. The summed E-state index contributed by atoms with van der Waals surface area (Å²) in [5, 5.41) is 5.90. The number of urea groups is 1. The topological polar surface area (TPSA) is 62.8 Å². The van der Waals surface area contributed by atoms with E-state index in [0.717, 1.165) is 42.1 Å². The number of piperidine rings is 1. The first-order valence-electron chi connectivity index (χ1n) is 10.7. The summed E-state index contributed by atoms with van der Waals surface area (Å²) in [5.41, 5.74) is 2.89. The molecule has 1 fully saturated rings. The number of amides is 2. The molecular formula is C24H33N3O3. The van der Waals surface area contributed by atoms with Crippen LogP contribution in [0.1, 0.15) is 30.4 Å². The Morgan fingerprint density at radius 3 is 2.53 bits per heavy atom. The fraction of sp³-hybridized carbons (Fsp3) is 0.458. The molecule has 3 rings (SSSR count). The van der Waals surface area contributed by atoms with Crippen LogP contribution in [0, 0.1) is 5.92 Å². The lowest BCUT2D eigenvalue weighted by Crippen LogP contribution is -2.34. The first-order valence-corrected chi connectivity index (χ1v) is 10.7. The Morgan fingerprint density at radius 1 is 1.07 bits per heavy atom. The van der Waals surface area contributed by atoms with Crippen molar-refractivity contribution in [1.82, 2.24) is 10.2 Å². The van der Waals surface area contributed by atoms with Crippen molar-refractivity contribution in [2.45, 2.75) is 32.5 Å². The van der Waals surface area contributed by atoms with Crippen molar-refractivity contribution in [3.63, 3.8) is 0 Å². The molecule has 1 aliphatic rings. The second-order valence-corrected chi connectivity index (χ2v) is 7.96. The van der Waals surface area contributed by atoms with Gasteiger partial charge in [0.15, 0.2) is 0 Å². The van der Waals surface area contributed by atoms with E-state index in [9.17, 15) is 4.79 Å². The Balaban J connectivity index is 1.37. The van der Waals surface area contributed by atoms with E-state index < -0.39 is 0 Å². The molecule has 1 aliphatic heterocycles. The number of benzene rings is 2. The zero-order valence-corrected chi connectivity index (χ0v) is 18.0. The molecule has 2 N–H and O–H groups in total. The van der Waals surface area contributed by atoms with Crippen LogP contribution in [-0.4, -0.2) is 44.7 Å². The van der Waals surface area contributed by atoms with E-state index in [1.54, 1.807) is 7.11 Å². The molecule has 2 aromatic rings. The second-order valence-electron chi connectivity index (χ2n) is 7.96. The second kappa shape index (κ2) is 11.6. The largest absolute Gasteiger partial charge is 0.497 e. The van der Waals surface area contributed by atoms with E-state index in [1.165, 1.54) is 12.8 Å². The maximum Gasteiger partial charge on any atom is 0.319 e. The Hall–Kier alpha value is -2.57. The maximum atomic E-state index is 12.2. The average Bonchev–Trinajstić information content (AvgIpc) is 2.76. The minimum absolute atomic E-state index is 0.153. The highest BCUT2D eigenvalue weighted by molar-refractivity contribution is 5.89. The molecule has 2 aromatic carbocycles. The zero-order valence-electron chi connectivity index (χ0n) is 18.0. The summed E-state index contributed by atoms with van der Waals surface area (Å²) in [6, 6.07) is 15.5. The van der Waals surface area contributed by atoms with Gasteiger partial charge in [0.2, 0.25) is 0 Å². The Labute approximate surface area is 179 Å². The number of hydrogen-bond donors (Lipinski definition) is 2. The number of carbonyl (C=O) groups excluding carboxylic acids is 1. The number of nitrogens with zero attached hydrogens (tertiary/aromatic N) is 1. The summed E-state index contributed by atoms with van der Waals surface area (Å²) in [6.07, 6.45) is 3.48. The van der Waals surface area contributed by atoms with Crippen molar-refractivity contribution in [3.8, 4) is 5.75 Å². The highest BCUT2D eigenvalue weighted by Gasteiger charge is 2.16. The minimum Gasteiger partial charge on any atom is -0.497 e. The summed E-state index contributed by atoms with van der Waals surface area (Å²) in [4.78, 5) is 14.6. The maximum absolute atomic E-state index is 12.2. The Morgan fingerprint density at radius 2 is 1.80 bits per heavy atom. The van der Waals surface area contributed by atoms with Gasteiger partial charge in [0.1, 0.15) is 5.75 Å². The van der Waals surface area contributed by atoms with Crippen LogP contribution in [0.2, 0.25) is 0 Å². The first kappa shape index (κ1) is 22.1. The first-order chi connectivity index (χ1) is 14.6. The van der Waals surface area contributed by atoms with Crippen molar-refractivity contribution >= 4 is 11.7 Å². The lowest BCUT2D eigenvalue weighted by atomic mass is 9.94. The molecule has 2 amide bonds. The summed E-state index contributed by atoms with van der Waals surface area (Å²) in [7, 11) is 3.82. The Bertz CT molecular complexity index is 787. The van der Waals surface area contributed by atoms with Crippen molar-refractivity contribution in [3.05, 3.63) is 59.7 Å². The van der Waals surface area contributed by atoms with Gasteiger partial charge in [-0.2, -0.15) is 0 Å². The summed E-state index contributed by atoms with van der Waals surface area (Å²) >= 11 is 0. The number of ether oxygens (including phenoxy) is 2. The molecule has 1 heterocycles. The number of likely N-dealkylation sites (tertiary alicyclic amines) is 1. The molecule has 0 atom stereocenters. The van der Waals surface area contributed by atoms with Gasteiger partial charge in [-0.05, 0) is 80.7 Å². The molecule has 1 saturated heterocycles. The molecule has 30 heavy (non-hydrogen) atoms. The van der Waals surface area contributed by atoms with E-state index in [4.69, 9.17) is 9.47 Å².